The zero-order chi connectivity index (χ0) is 20.4. The minimum atomic E-state index is -0.444. The van der Waals surface area contributed by atoms with Gasteiger partial charge in [0.15, 0.2) is 0 Å². The predicted octanol–water partition coefficient (Wildman–Crippen LogP) is 6.32. The van der Waals surface area contributed by atoms with Crippen LogP contribution in [0, 0.1) is 0 Å². The van der Waals surface area contributed by atoms with E-state index >= 15 is 0 Å². The average molecular weight is 422 g/mol. The van der Waals surface area contributed by atoms with Gasteiger partial charge in [0, 0.05) is 17.5 Å². The van der Waals surface area contributed by atoms with Crippen LogP contribution in [0.4, 0.5) is 0 Å². The summed E-state index contributed by atoms with van der Waals surface area (Å²) in [7, 11) is 0. The summed E-state index contributed by atoms with van der Waals surface area (Å²) in [6, 6.07) is 25.1. The van der Waals surface area contributed by atoms with Crippen LogP contribution in [0.25, 0.3) is 22.3 Å². The van der Waals surface area contributed by atoms with Gasteiger partial charge in [0.05, 0.1) is 16.2 Å². The van der Waals surface area contributed by atoms with Gasteiger partial charge in [-0.1, -0.05) is 83.9 Å². The van der Waals surface area contributed by atoms with Crippen LogP contribution < -0.4 is 5.56 Å². The lowest BCUT2D eigenvalue weighted by atomic mass is 9.99. The highest BCUT2D eigenvalue weighted by molar-refractivity contribution is 6.42. The Kier molecular flexibility index (Phi) is 5.43. The third-order valence-electron chi connectivity index (χ3n) is 4.78. The third-order valence-corrected chi connectivity index (χ3v) is 5.52. The van der Waals surface area contributed by atoms with E-state index in [2.05, 4.69) is 12.1 Å². The Morgan fingerprint density at radius 1 is 0.724 bits per heavy atom. The van der Waals surface area contributed by atoms with Gasteiger partial charge in [-0.25, -0.2) is 0 Å². The summed E-state index contributed by atoms with van der Waals surface area (Å²) in [5.41, 5.74) is 4.72. The maximum Gasteiger partial charge on any atom is 0.286 e. The highest BCUT2D eigenvalue weighted by Gasteiger charge is 2.10. The monoisotopic (exact) mass is 421 g/mol. The molecule has 0 aliphatic carbocycles. The molecule has 1 N–H and O–H groups in total. The van der Waals surface area contributed by atoms with Crippen LogP contribution in [0.5, 0.6) is 0 Å². The van der Waals surface area contributed by atoms with Crippen LogP contribution >= 0.6 is 23.2 Å². The maximum absolute atomic E-state index is 12.4. The van der Waals surface area contributed by atoms with Gasteiger partial charge in [-0.15, -0.1) is 0 Å². The quantitative estimate of drug-likeness (QED) is 0.391. The van der Waals surface area contributed by atoms with Crippen molar-refractivity contribution in [1.29, 1.82) is 0 Å². The van der Waals surface area contributed by atoms with Crippen molar-refractivity contribution >= 4 is 23.2 Å². The summed E-state index contributed by atoms with van der Waals surface area (Å²) >= 11 is 12.1. The highest BCUT2D eigenvalue weighted by atomic mass is 35.5. The average Bonchev–Trinajstić information content (AvgIpc) is 2.74. The molecule has 0 radical (unpaired) electrons. The second kappa shape index (κ2) is 8.16. The third kappa shape index (κ3) is 4.21. The van der Waals surface area contributed by atoms with Crippen molar-refractivity contribution in [3.05, 3.63) is 117 Å². The van der Waals surface area contributed by atoms with Gasteiger partial charge in [0.25, 0.3) is 5.56 Å². The number of hydrogen-bond acceptors (Lipinski definition) is 2. The van der Waals surface area contributed by atoms with Crippen molar-refractivity contribution in [3.8, 4) is 22.3 Å². The number of aromatic nitrogens is 1. The molecule has 3 nitrogen and oxygen atoms in total. The topological polar surface area (TPSA) is 42.2 Å². The van der Waals surface area contributed by atoms with Crippen molar-refractivity contribution < 1.29 is 5.21 Å². The molecule has 3 aromatic carbocycles. The zero-order valence-electron chi connectivity index (χ0n) is 15.3. The molecular weight excluding hydrogens is 405 g/mol. The van der Waals surface area contributed by atoms with Crippen molar-refractivity contribution in [2.45, 2.75) is 6.42 Å². The lowest BCUT2D eigenvalue weighted by Gasteiger charge is -2.09. The van der Waals surface area contributed by atoms with Crippen LogP contribution in [0.15, 0.2) is 89.9 Å². The summed E-state index contributed by atoms with van der Waals surface area (Å²) < 4.78 is 0.617. The Morgan fingerprint density at radius 3 is 2.07 bits per heavy atom. The molecule has 5 heteroatoms. The maximum atomic E-state index is 12.4. The summed E-state index contributed by atoms with van der Waals surface area (Å²) in [6.45, 7) is 0. The van der Waals surface area contributed by atoms with E-state index in [1.165, 1.54) is 6.20 Å². The zero-order valence-corrected chi connectivity index (χ0v) is 16.9. The van der Waals surface area contributed by atoms with Crippen LogP contribution in [0.2, 0.25) is 10.0 Å². The molecule has 0 saturated carbocycles. The van der Waals surface area contributed by atoms with Crippen LogP contribution in [-0.4, -0.2) is 9.94 Å². The van der Waals surface area contributed by atoms with E-state index < -0.39 is 5.56 Å². The fraction of sp³-hybridized carbons (Fsp3) is 0.0417. The molecular formula is C24H17Cl2NO2. The molecule has 4 rings (SSSR count). The minimum absolute atomic E-state index is 0.406. The Labute approximate surface area is 178 Å². The molecule has 1 heterocycles. The van der Waals surface area contributed by atoms with E-state index in [4.69, 9.17) is 23.2 Å². The molecule has 0 saturated heterocycles. The smallest absolute Gasteiger partial charge is 0.286 e. The second-order valence-electron chi connectivity index (χ2n) is 6.77. The van der Waals surface area contributed by atoms with E-state index in [9.17, 15) is 10.0 Å². The number of nitrogens with zero attached hydrogens (tertiary/aromatic N) is 1. The Bertz CT molecular complexity index is 1220. The first-order chi connectivity index (χ1) is 14.0. The SMILES string of the molecule is O=c1c(Cc2ccc(-c3ccccc3)cc2)cc(-c2ccc(Cl)c(Cl)c2)cn1O. The molecule has 0 aliphatic rings. The molecule has 144 valence electrons. The number of hydrogen-bond donors (Lipinski definition) is 1. The molecule has 0 spiro atoms. The van der Waals surface area contributed by atoms with E-state index in [0.29, 0.717) is 32.3 Å². The van der Waals surface area contributed by atoms with E-state index in [0.717, 1.165) is 22.3 Å². The fourth-order valence-corrected chi connectivity index (χ4v) is 3.55. The van der Waals surface area contributed by atoms with Crippen LogP contribution in [-0.2, 0) is 6.42 Å². The van der Waals surface area contributed by atoms with Gasteiger partial charge in [0.2, 0.25) is 0 Å². The first-order valence-electron chi connectivity index (χ1n) is 9.06. The molecule has 0 aliphatic heterocycles. The number of benzene rings is 3. The van der Waals surface area contributed by atoms with Gasteiger partial charge >= 0.3 is 0 Å². The lowest BCUT2D eigenvalue weighted by molar-refractivity contribution is 0.174. The summed E-state index contributed by atoms with van der Waals surface area (Å²) in [5.74, 6) is 0. The van der Waals surface area contributed by atoms with Gasteiger partial charge in [0.1, 0.15) is 0 Å². The molecule has 0 fully saturated rings. The Hall–Kier alpha value is -3.01. The molecule has 0 atom stereocenters. The summed E-state index contributed by atoms with van der Waals surface area (Å²) in [5, 5.41) is 10.9. The summed E-state index contributed by atoms with van der Waals surface area (Å²) in [6.07, 6.45) is 1.79. The minimum Gasteiger partial charge on any atom is -0.425 e. The lowest BCUT2D eigenvalue weighted by Crippen LogP contribution is -2.21. The normalized spacial score (nSPS) is 10.8. The van der Waals surface area contributed by atoms with Gasteiger partial charge in [-0.3, -0.25) is 4.79 Å². The molecule has 0 bridgehead atoms. The van der Waals surface area contributed by atoms with E-state index in [1.807, 2.05) is 42.5 Å². The molecule has 4 aromatic rings. The fourth-order valence-electron chi connectivity index (χ4n) is 3.25. The molecule has 29 heavy (non-hydrogen) atoms. The molecule has 1 aromatic heterocycles. The Morgan fingerprint density at radius 2 is 1.38 bits per heavy atom. The Balaban J connectivity index is 1.65. The van der Waals surface area contributed by atoms with Crippen molar-refractivity contribution in [3.63, 3.8) is 0 Å². The first-order valence-corrected chi connectivity index (χ1v) is 9.81. The van der Waals surface area contributed by atoms with Crippen LogP contribution in [0.1, 0.15) is 11.1 Å². The van der Waals surface area contributed by atoms with E-state index in [-0.39, 0.29) is 0 Å². The predicted molar refractivity (Wildman–Crippen MR) is 118 cm³/mol. The molecule has 0 unspecified atom stereocenters. The van der Waals surface area contributed by atoms with Crippen LogP contribution in [0.3, 0.4) is 0 Å². The van der Waals surface area contributed by atoms with E-state index in [1.54, 1.807) is 24.3 Å². The van der Waals surface area contributed by atoms with Gasteiger partial charge in [-0.05, 0) is 40.5 Å². The molecule has 0 amide bonds. The number of rotatable bonds is 4. The van der Waals surface area contributed by atoms with Gasteiger partial charge in [-0.2, -0.15) is 4.73 Å². The van der Waals surface area contributed by atoms with Crippen molar-refractivity contribution in [1.82, 2.24) is 4.73 Å². The second-order valence-corrected chi connectivity index (χ2v) is 7.59. The standard InChI is InChI=1S/C24H17Cl2NO2/c25-22-11-10-19(14-23(22)26)21-13-20(24(28)27(29)15-21)12-16-6-8-18(9-7-16)17-4-2-1-3-5-17/h1-11,13-15,29H,12H2. The van der Waals surface area contributed by atoms with Crippen molar-refractivity contribution in [2.24, 2.45) is 0 Å². The largest absolute Gasteiger partial charge is 0.425 e. The highest BCUT2D eigenvalue weighted by Crippen LogP contribution is 2.28. The number of halogens is 2. The summed E-state index contributed by atoms with van der Waals surface area (Å²) in [4.78, 5) is 12.4. The first kappa shape index (κ1) is 19.3. The van der Waals surface area contributed by atoms with Crippen molar-refractivity contribution in [2.75, 3.05) is 0 Å². The number of pyridine rings is 1. The van der Waals surface area contributed by atoms with Gasteiger partial charge < -0.3 is 5.21 Å².